The van der Waals surface area contributed by atoms with Crippen molar-refractivity contribution in [1.29, 1.82) is 0 Å². The van der Waals surface area contributed by atoms with Crippen LogP contribution in [0.4, 0.5) is 0 Å². The maximum Gasteiger partial charge on any atom is 0.0307 e. The number of hydrogen-bond acceptors (Lipinski definition) is 2. The minimum Gasteiger partial charge on any atom is -0.309 e. The first kappa shape index (κ1) is 13.7. The molecule has 1 heterocycles. The fraction of sp³-hybridized carbons (Fsp3) is 0.857. The van der Waals surface area contributed by atoms with Crippen molar-refractivity contribution in [2.24, 2.45) is 0 Å². The molecule has 0 aromatic carbocycles. The second-order valence-electron chi connectivity index (χ2n) is 6.25. The number of nitrogens with zero attached hydrogens (tertiary/aromatic N) is 1. The first-order valence-corrected chi connectivity index (χ1v) is 6.42. The van der Waals surface area contributed by atoms with Gasteiger partial charge in [-0.05, 0) is 41.0 Å². The van der Waals surface area contributed by atoms with E-state index in [1.807, 2.05) is 0 Å². The lowest BCUT2D eigenvalue weighted by atomic mass is 9.88. The monoisotopic (exact) mass is 224 g/mol. The van der Waals surface area contributed by atoms with Crippen LogP contribution in [0.3, 0.4) is 0 Å². The quantitative estimate of drug-likeness (QED) is 0.742. The maximum atomic E-state index is 3.66. The lowest BCUT2D eigenvalue weighted by molar-refractivity contribution is 0.0344. The van der Waals surface area contributed by atoms with Crippen LogP contribution < -0.4 is 5.32 Å². The van der Waals surface area contributed by atoms with Gasteiger partial charge in [-0.3, -0.25) is 4.90 Å². The molecule has 1 N–H and O–H groups in total. The van der Waals surface area contributed by atoms with Gasteiger partial charge in [-0.15, -0.1) is 0 Å². The molecule has 0 saturated carbocycles. The molecule has 2 heteroatoms. The summed E-state index contributed by atoms with van der Waals surface area (Å²) in [5.41, 5.74) is 1.96. The molecule has 1 saturated heterocycles. The van der Waals surface area contributed by atoms with E-state index in [0.29, 0.717) is 5.54 Å². The number of hydrogen-bond donors (Lipinski definition) is 1. The Morgan fingerprint density at radius 3 is 2.44 bits per heavy atom. The normalized spacial score (nSPS) is 30.1. The maximum absolute atomic E-state index is 3.66. The fourth-order valence-corrected chi connectivity index (χ4v) is 2.19. The summed E-state index contributed by atoms with van der Waals surface area (Å²) < 4.78 is 0. The van der Waals surface area contributed by atoms with Crippen molar-refractivity contribution in [2.75, 3.05) is 19.6 Å². The Labute approximate surface area is 101 Å². The molecule has 94 valence electrons. The van der Waals surface area contributed by atoms with Crippen molar-refractivity contribution in [2.45, 2.75) is 59.0 Å². The molecule has 0 aliphatic carbocycles. The first-order valence-electron chi connectivity index (χ1n) is 6.42. The molecule has 1 fully saturated rings. The third-order valence-corrected chi connectivity index (χ3v) is 3.78. The minimum atomic E-state index is 0.240. The molecule has 1 rings (SSSR count). The van der Waals surface area contributed by atoms with Gasteiger partial charge in [-0.2, -0.15) is 0 Å². The molecule has 0 spiro atoms. The predicted molar refractivity (Wildman–Crippen MR) is 71.8 cm³/mol. The molecule has 2 nitrogen and oxygen atoms in total. The summed E-state index contributed by atoms with van der Waals surface area (Å²) in [5.74, 6) is 0. The number of rotatable bonds is 3. The molecular formula is C14H28N2. The van der Waals surface area contributed by atoms with E-state index < -0.39 is 0 Å². The van der Waals surface area contributed by atoms with Gasteiger partial charge in [0.25, 0.3) is 0 Å². The number of nitrogens with one attached hydrogen (secondary N) is 1. The molecule has 0 aromatic rings. The minimum absolute atomic E-state index is 0.240. The number of piperazine rings is 1. The SMILES string of the molecule is CCC1(C)CNC(C)(C)CN1CC=C(C)C. The van der Waals surface area contributed by atoms with Gasteiger partial charge in [0.2, 0.25) is 0 Å². The smallest absolute Gasteiger partial charge is 0.0307 e. The Bertz CT molecular complexity index is 264. The second kappa shape index (κ2) is 4.89. The lowest BCUT2D eigenvalue weighted by Gasteiger charge is -2.51. The third-order valence-electron chi connectivity index (χ3n) is 3.78. The van der Waals surface area contributed by atoms with E-state index in [-0.39, 0.29) is 5.54 Å². The largest absolute Gasteiger partial charge is 0.309 e. The van der Waals surface area contributed by atoms with Crippen LogP contribution in [0, 0.1) is 0 Å². The van der Waals surface area contributed by atoms with E-state index in [4.69, 9.17) is 0 Å². The van der Waals surface area contributed by atoms with Gasteiger partial charge in [-0.25, -0.2) is 0 Å². The standard InChI is InChI=1S/C14H28N2/c1-7-14(6)10-15-13(4,5)11-16(14)9-8-12(2)3/h8,15H,7,9-11H2,1-6H3. The fourth-order valence-electron chi connectivity index (χ4n) is 2.19. The lowest BCUT2D eigenvalue weighted by Crippen LogP contribution is -2.66. The Morgan fingerprint density at radius 2 is 1.94 bits per heavy atom. The van der Waals surface area contributed by atoms with Gasteiger partial charge in [0.1, 0.15) is 0 Å². The van der Waals surface area contributed by atoms with E-state index >= 15 is 0 Å². The Kier molecular flexibility index (Phi) is 4.19. The molecule has 0 radical (unpaired) electrons. The summed E-state index contributed by atoms with van der Waals surface area (Å²) in [5, 5.41) is 3.66. The first-order chi connectivity index (χ1) is 7.29. The van der Waals surface area contributed by atoms with Crippen molar-refractivity contribution in [1.82, 2.24) is 10.2 Å². The van der Waals surface area contributed by atoms with E-state index in [0.717, 1.165) is 19.6 Å². The topological polar surface area (TPSA) is 15.3 Å². The highest BCUT2D eigenvalue weighted by Crippen LogP contribution is 2.26. The average molecular weight is 224 g/mol. The Hall–Kier alpha value is -0.340. The second-order valence-corrected chi connectivity index (χ2v) is 6.25. The summed E-state index contributed by atoms with van der Waals surface area (Å²) in [6.45, 7) is 16.9. The zero-order valence-electron chi connectivity index (χ0n) is 11.9. The predicted octanol–water partition coefficient (Wildman–Crippen LogP) is 2.81. The summed E-state index contributed by atoms with van der Waals surface area (Å²) >= 11 is 0. The van der Waals surface area contributed by atoms with E-state index in [1.54, 1.807) is 0 Å². The summed E-state index contributed by atoms with van der Waals surface area (Å²) in [6, 6.07) is 0. The summed E-state index contributed by atoms with van der Waals surface area (Å²) in [4.78, 5) is 2.62. The molecule has 0 amide bonds. The highest BCUT2D eigenvalue weighted by Gasteiger charge is 2.38. The van der Waals surface area contributed by atoms with Crippen molar-refractivity contribution in [3.8, 4) is 0 Å². The van der Waals surface area contributed by atoms with E-state index in [9.17, 15) is 0 Å². The Morgan fingerprint density at radius 1 is 1.31 bits per heavy atom. The van der Waals surface area contributed by atoms with Gasteiger partial charge in [0.05, 0.1) is 0 Å². The molecular weight excluding hydrogens is 196 g/mol. The van der Waals surface area contributed by atoms with Gasteiger partial charge in [0.15, 0.2) is 0 Å². The van der Waals surface area contributed by atoms with Gasteiger partial charge < -0.3 is 5.32 Å². The van der Waals surface area contributed by atoms with E-state index in [1.165, 1.54) is 12.0 Å². The highest BCUT2D eigenvalue weighted by atomic mass is 15.3. The van der Waals surface area contributed by atoms with Crippen LogP contribution in [0.2, 0.25) is 0 Å². The van der Waals surface area contributed by atoms with Crippen LogP contribution in [-0.4, -0.2) is 35.6 Å². The molecule has 1 aliphatic heterocycles. The van der Waals surface area contributed by atoms with Crippen LogP contribution in [0.15, 0.2) is 11.6 Å². The molecule has 0 bridgehead atoms. The zero-order chi connectivity index (χ0) is 12.4. The summed E-state index contributed by atoms with van der Waals surface area (Å²) in [7, 11) is 0. The summed E-state index contributed by atoms with van der Waals surface area (Å²) in [6.07, 6.45) is 3.54. The van der Waals surface area contributed by atoms with E-state index in [2.05, 4.69) is 57.8 Å². The van der Waals surface area contributed by atoms with Crippen LogP contribution in [-0.2, 0) is 0 Å². The van der Waals surface area contributed by atoms with Gasteiger partial charge in [-0.1, -0.05) is 18.6 Å². The molecule has 1 aliphatic rings. The Balaban J connectivity index is 2.76. The van der Waals surface area contributed by atoms with Crippen LogP contribution in [0.5, 0.6) is 0 Å². The molecule has 1 atom stereocenters. The molecule has 0 aromatic heterocycles. The van der Waals surface area contributed by atoms with Crippen molar-refractivity contribution < 1.29 is 0 Å². The van der Waals surface area contributed by atoms with Gasteiger partial charge in [0, 0.05) is 30.7 Å². The average Bonchev–Trinajstić information content (AvgIpc) is 2.19. The van der Waals surface area contributed by atoms with Crippen LogP contribution >= 0.6 is 0 Å². The zero-order valence-corrected chi connectivity index (χ0v) is 11.9. The van der Waals surface area contributed by atoms with Crippen LogP contribution in [0.1, 0.15) is 48.0 Å². The van der Waals surface area contributed by atoms with Crippen LogP contribution in [0.25, 0.3) is 0 Å². The highest BCUT2D eigenvalue weighted by molar-refractivity contribution is 5.03. The number of allylic oxidation sites excluding steroid dienone is 1. The third kappa shape index (κ3) is 3.33. The molecule has 1 unspecified atom stereocenters. The van der Waals surface area contributed by atoms with Crippen molar-refractivity contribution >= 4 is 0 Å². The van der Waals surface area contributed by atoms with Crippen molar-refractivity contribution in [3.63, 3.8) is 0 Å². The van der Waals surface area contributed by atoms with Crippen molar-refractivity contribution in [3.05, 3.63) is 11.6 Å². The molecule has 16 heavy (non-hydrogen) atoms. The van der Waals surface area contributed by atoms with Gasteiger partial charge >= 0.3 is 0 Å².